The molecule has 1 aromatic rings. The van der Waals surface area contributed by atoms with Gasteiger partial charge >= 0.3 is 0 Å². The van der Waals surface area contributed by atoms with Gasteiger partial charge < -0.3 is 15.0 Å². The van der Waals surface area contributed by atoms with Gasteiger partial charge in [0.15, 0.2) is 11.5 Å². The summed E-state index contributed by atoms with van der Waals surface area (Å²) in [5, 5.41) is 2.93. The van der Waals surface area contributed by atoms with Gasteiger partial charge in [0.05, 0.1) is 0 Å². The van der Waals surface area contributed by atoms with Crippen LogP contribution in [-0.2, 0) is 20.7 Å². The molecule has 6 nitrogen and oxygen atoms in total. The van der Waals surface area contributed by atoms with E-state index in [-0.39, 0.29) is 29.8 Å². The van der Waals surface area contributed by atoms with Gasteiger partial charge in [0, 0.05) is 37.7 Å². The van der Waals surface area contributed by atoms with Crippen molar-refractivity contribution in [3.63, 3.8) is 0 Å². The topological polar surface area (TPSA) is 75.7 Å². The number of nitrogens with one attached hydrogen (secondary N) is 1. The molecule has 1 atom stereocenters. The molecular weight excluding hydrogens is 380 g/mol. The molecular formula is C24H32N2O4. The number of hydrogen-bond donors (Lipinski definition) is 1. The molecule has 6 heteroatoms. The van der Waals surface area contributed by atoms with E-state index in [1.807, 2.05) is 38.1 Å². The fourth-order valence-corrected chi connectivity index (χ4v) is 3.95. The maximum Gasteiger partial charge on any atom is 0.289 e. The van der Waals surface area contributed by atoms with Crippen LogP contribution in [0.5, 0.6) is 0 Å². The Bertz CT molecular complexity index is 839. The molecule has 0 spiro atoms. The highest BCUT2D eigenvalue weighted by atomic mass is 16.5. The maximum absolute atomic E-state index is 12.8. The highest BCUT2D eigenvalue weighted by molar-refractivity contribution is 6.01. The summed E-state index contributed by atoms with van der Waals surface area (Å²) in [6.07, 6.45) is 3.39. The summed E-state index contributed by atoms with van der Waals surface area (Å²) in [6.45, 7) is 9.74. The number of allylic oxidation sites excluding steroid dienone is 1. The van der Waals surface area contributed by atoms with Crippen LogP contribution in [0.3, 0.4) is 0 Å². The molecule has 0 radical (unpaired) electrons. The van der Waals surface area contributed by atoms with Crippen LogP contribution in [0.15, 0.2) is 36.1 Å². The van der Waals surface area contributed by atoms with Crippen molar-refractivity contribution in [1.82, 2.24) is 10.2 Å². The van der Waals surface area contributed by atoms with Crippen LogP contribution in [0.2, 0.25) is 0 Å². The number of nitrogens with zero attached hydrogens (tertiary/aromatic N) is 1. The molecule has 30 heavy (non-hydrogen) atoms. The van der Waals surface area contributed by atoms with Crippen molar-refractivity contribution < 1.29 is 19.1 Å². The summed E-state index contributed by atoms with van der Waals surface area (Å²) in [7, 11) is 0. The SMILES string of the molecule is CC(C)CNC(=O)c1ccc(CC2CCN(C(=O)C3=CC(=O)CC(C)(C)O3)C2)cc1. The van der Waals surface area contributed by atoms with Crippen LogP contribution in [0.1, 0.15) is 56.5 Å². The van der Waals surface area contributed by atoms with Crippen molar-refractivity contribution in [2.45, 2.75) is 52.6 Å². The molecule has 0 aromatic heterocycles. The second kappa shape index (κ2) is 9.02. The predicted octanol–water partition coefficient (Wildman–Crippen LogP) is 3.12. The summed E-state index contributed by atoms with van der Waals surface area (Å²) < 4.78 is 5.75. The third-order valence-electron chi connectivity index (χ3n) is 5.47. The van der Waals surface area contributed by atoms with Crippen molar-refractivity contribution in [3.05, 3.63) is 47.2 Å². The lowest BCUT2D eigenvalue weighted by molar-refractivity contribution is -0.137. The lowest BCUT2D eigenvalue weighted by Crippen LogP contribution is -2.38. The van der Waals surface area contributed by atoms with E-state index in [1.165, 1.54) is 6.08 Å². The zero-order valence-electron chi connectivity index (χ0n) is 18.4. The number of carbonyl (C=O) groups is 3. The molecule has 1 unspecified atom stereocenters. The zero-order valence-corrected chi connectivity index (χ0v) is 18.4. The molecule has 0 aliphatic carbocycles. The molecule has 1 saturated heterocycles. The average Bonchev–Trinajstić information content (AvgIpc) is 3.13. The highest BCUT2D eigenvalue weighted by Crippen LogP contribution is 2.28. The first-order chi connectivity index (χ1) is 14.1. The molecule has 2 heterocycles. The Morgan fingerprint density at radius 2 is 1.93 bits per heavy atom. The number of amides is 2. The molecule has 2 aliphatic rings. The molecule has 162 valence electrons. The lowest BCUT2D eigenvalue weighted by atomic mass is 9.97. The van der Waals surface area contributed by atoms with E-state index in [2.05, 4.69) is 19.2 Å². The van der Waals surface area contributed by atoms with Crippen molar-refractivity contribution in [3.8, 4) is 0 Å². The third-order valence-corrected chi connectivity index (χ3v) is 5.47. The number of hydrogen-bond acceptors (Lipinski definition) is 4. The van der Waals surface area contributed by atoms with E-state index in [9.17, 15) is 14.4 Å². The molecule has 1 aromatic carbocycles. The van der Waals surface area contributed by atoms with Gasteiger partial charge in [0.2, 0.25) is 0 Å². The van der Waals surface area contributed by atoms with Gasteiger partial charge in [-0.25, -0.2) is 0 Å². The summed E-state index contributed by atoms with van der Waals surface area (Å²) in [5.41, 5.74) is 1.18. The van der Waals surface area contributed by atoms with Gasteiger partial charge in [-0.2, -0.15) is 0 Å². The fourth-order valence-electron chi connectivity index (χ4n) is 3.95. The maximum atomic E-state index is 12.8. The Labute approximate surface area is 178 Å². The van der Waals surface area contributed by atoms with E-state index in [1.54, 1.807) is 4.90 Å². The molecule has 3 rings (SSSR count). The number of ether oxygens (including phenoxy) is 1. The Balaban J connectivity index is 1.54. The number of benzene rings is 1. The zero-order chi connectivity index (χ0) is 21.9. The smallest absolute Gasteiger partial charge is 0.289 e. The minimum absolute atomic E-state index is 0.0499. The second-order valence-corrected chi connectivity index (χ2v) is 9.42. The molecule has 0 saturated carbocycles. The Hall–Kier alpha value is -2.63. The van der Waals surface area contributed by atoms with Crippen LogP contribution < -0.4 is 5.32 Å². The summed E-state index contributed by atoms with van der Waals surface area (Å²) in [5.74, 6) is 0.612. The van der Waals surface area contributed by atoms with Crippen LogP contribution >= 0.6 is 0 Å². The first-order valence-corrected chi connectivity index (χ1v) is 10.7. The van der Waals surface area contributed by atoms with Crippen LogP contribution in [0.25, 0.3) is 0 Å². The van der Waals surface area contributed by atoms with Crippen molar-refractivity contribution in [2.24, 2.45) is 11.8 Å². The first kappa shape index (κ1) is 22.1. The van der Waals surface area contributed by atoms with Gasteiger partial charge in [-0.3, -0.25) is 14.4 Å². The summed E-state index contributed by atoms with van der Waals surface area (Å²) >= 11 is 0. The van der Waals surface area contributed by atoms with Crippen molar-refractivity contribution >= 4 is 17.6 Å². The van der Waals surface area contributed by atoms with Gasteiger partial charge in [-0.1, -0.05) is 26.0 Å². The highest BCUT2D eigenvalue weighted by Gasteiger charge is 2.35. The van der Waals surface area contributed by atoms with Crippen molar-refractivity contribution in [2.75, 3.05) is 19.6 Å². The number of ketones is 1. The normalized spacial score (nSPS) is 20.7. The van der Waals surface area contributed by atoms with Crippen LogP contribution in [0, 0.1) is 11.8 Å². The van der Waals surface area contributed by atoms with E-state index < -0.39 is 5.60 Å². The van der Waals surface area contributed by atoms with E-state index >= 15 is 0 Å². The van der Waals surface area contributed by atoms with Crippen LogP contribution in [-0.4, -0.2) is 47.7 Å². The molecule has 2 amide bonds. The quantitative estimate of drug-likeness (QED) is 0.779. The fraction of sp³-hybridized carbons (Fsp3) is 0.542. The van der Waals surface area contributed by atoms with Gasteiger partial charge in [0.25, 0.3) is 11.8 Å². The van der Waals surface area contributed by atoms with Gasteiger partial charge in [-0.15, -0.1) is 0 Å². The molecule has 2 aliphatic heterocycles. The monoisotopic (exact) mass is 412 g/mol. The Morgan fingerprint density at radius 3 is 2.57 bits per heavy atom. The number of carbonyl (C=O) groups excluding carboxylic acids is 3. The number of likely N-dealkylation sites (tertiary alicyclic amines) is 1. The largest absolute Gasteiger partial charge is 0.481 e. The second-order valence-electron chi connectivity index (χ2n) is 9.42. The average molecular weight is 413 g/mol. The molecule has 1 fully saturated rings. The lowest BCUT2D eigenvalue weighted by Gasteiger charge is -2.31. The van der Waals surface area contributed by atoms with E-state index in [4.69, 9.17) is 4.74 Å². The standard InChI is InChI=1S/C24H32N2O4/c1-16(2)14-25-22(28)19-7-5-17(6-8-19)11-18-9-10-26(15-18)23(29)21-12-20(27)13-24(3,4)30-21/h5-8,12,16,18H,9-11,13-15H2,1-4H3,(H,25,28). The molecule has 0 bridgehead atoms. The van der Waals surface area contributed by atoms with E-state index in [0.717, 1.165) is 18.4 Å². The molecule has 1 N–H and O–H groups in total. The summed E-state index contributed by atoms with van der Waals surface area (Å²) in [6, 6.07) is 7.69. The number of rotatable bonds is 6. The Morgan fingerprint density at radius 1 is 1.23 bits per heavy atom. The first-order valence-electron chi connectivity index (χ1n) is 10.7. The summed E-state index contributed by atoms with van der Waals surface area (Å²) in [4.78, 5) is 38.6. The minimum Gasteiger partial charge on any atom is -0.481 e. The van der Waals surface area contributed by atoms with Crippen molar-refractivity contribution in [1.29, 1.82) is 0 Å². The van der Waals surface area contributed by atoms with E-state index in [0.29, 0.717) is 37.0 Å². The predicted molar refractivity (Wildman–Crippen MR) is 115 cm³/mol. The Kier molecular flexibility index (Phi) is 6.64. The van der Waals surface area contributed by atoms with Crippen LogP contribution in [0.4, 0.5) is 0 Å². The minimum atomic E-state index is -0.640. The third kappa shape index (κ3) is 5.71. The van der Waals surface area contributed by atoms with Gasteiger partial charge in [0.1, 0.15) is 5.60 Å². The van der Waals surface area contributed by atoms with Gasteiger partial charge in [-0.05, 0) is 56.2 Å².